The average molecular weight is 439 g/mol. The van der Waals surface area contributed by atoms with Gasteiger partial charge in [0, 0.05) is 21.0 Å². The van der Waals surface area contributed by atoms with Gasteiger partial charge in [0.2, 0.25) is 0 Å². The summed E-state index contributed by atoms with van der Waals surface area (Å²) in [4.78, 5) is 5.36. The minimum atomic E-state index is 0.184. The van der Waals surface area contributed by atoms with Gasteiger partial charge in [-0.2, -0.15) is 5.26 Å². The zero-order valence-corrected chi connectivity index (χ0v) is 16.3. The number of pyridine rings is 1. The highest BCUT2D eigenvalue weighted by Gasteiger charge is 2.20. The molecule has 3 nitrogen and oxygen atoms in total. The number of benzene rings is 1. The molecule has 0 amide bonds. The number of anilines is 1. The Kier molecular flexibility index (Phi) is 4.84. The molecule has 1 aromatic carbocycles. The molecule has 24 heavy (non-hydrogen) atoms. The molecule has 0 atom stereocenters. The lowest BCUT2D eigenvalue weighted by molar-refractivity contribution is 1.26. The van der Waals surface area contributed by atoms with Gasteiger partial charge in [-0.05, 0) is 58.7 Å². The van der Waals surface area contributed by atoms with Gasteiger partial charge in [-0.25, -0.2) is 4.98 Å². The van der Waals surface area contributed by atoms with E-state index in [1.807, 2.05) is 19.1 Å². The van der Waals surface area contributed by atoms with Crippen LogP contribution < -0.4 is 5.73 Å². The van der Waals surface area contributed by atoms with Crippen LogP contribution in [0.3, 0.4) is 0 Å². The SMILES string of the molecule is Cc1c(-c2ccc(Cl)cc2Cl)nc(N)c(C#N)c1-c1ccc(Br)s1. The number of thiophene rings is 1. The summed E-state index contributed by atoms with van der Waals surface area (Å²) in [7, 11) is 0. The van der Waals surface area contributed by atoms with Crippen molar-refractivity contribution in [3.8, 4) is 27.8 Å². The van der Waals surface area contributed by atoms with Crippen LogP contribution in [0.1, 0.15) is 11.1 Å². The lowest BCUT2D eigenvalue weighted by atomic mass is 9.97. The van der Waals surface area contributed by atoms with E-state index in [0.29, 0.717) is 21.3 Å². The summed E-state index contributed by atoms with van der Waals surface area (Å²) in [5.74, 6) is 0.184. The number of rotatable bonds is 2. The summed E-state index contributed by atoms with van der Waals surface area (Å²) < 4.78 is 0.974. The van der Waals surface area contributed by atoms with E-state index in [4.69, 9.17) is 28.9 Å². The van der Waals surface area contributed by atoms with Gasteiger partial charge in [0.05, 0.1) is 14.5 Å². The van der Waals surface area contributed by atoms with Crippen LogP contribution in [0.2, 0.25) is 10.0 Å². The molecule has 0 saturated carbocycles. The molecule has 0 fully saturated rings. The molecule has 120 valence electrons. The van der Waals surface area contributed by atoms with E-state index in [1.54, 1.807) is 18.2 Å². The van der Waals surface area contributed by atoms with Gasteiger partial charge in [0.15, 0.2) is 0 Å². The number of nitrogen functional groups attached to an aromatic ring is 1. The molecule has 0 saturated heterocycles. The number of hydrogen-bond acceptors (Lipinski definition) is 4. The smallest absolute Gasteiger partial charge is 0.142 e. The third-order valence-corrected chi connectivity index (χ3v) is 5.78. The molecule has 0 aliphatic carbocycles. The van der Waals surface area contributed by atoms with E-state index < -0.39 is 0 Å². The molecule has 2 heterocycles. The Bertz CT molecular complexity index is 992. The van der Waals surface area contributed by atoms with E-state index in [0.717, 1.165) is 25.4 Å². The average Bonchev–Trinajstić information content (AvgIpc) is 2.95. The summed E-state index contributed by atoms with van der Waals surface area (Å²) >= 11 is 17.3. The molecule has 2 aromatic heterocycles. The van der Waals surface area contributed by atoms with Gasteiger partial charge in [-0.1, -0.05) is 23.2 Å². The lowest BCUT2D eigenvalue weighted by Gasteiger charge is -2.14. The summed E-state index contributed by atoms with van der Waals surface area (Å²) in [5, 5.41) is 10.6. The van der Waals surface area contributed by atoms with Crippen LogP contribution in [0.25, 0.3) is 21.7 Å². The fraction of sp³-hybridized carbons (Fsp3) is 0.0588. The first-order valence-corrected chi connectivity index (χ1v) is 9.20. The minimum Gasteiger partial charge on any atom is -0.383 e. The van der Waals surface area contributed by atoms with Gasteiger partial charge in [0.25, 0.3) is 0 Å². The quantitative estimate of drug-likeness (QED) is 0.509. The van der Waals surface area contributed by atoms with Crippen molar-refractivity contribution in [2.75, 3.05) is 5.73 Å². The highest BCUT2D eigenvalue weighted by atomic mass is 79.9. The Balaban J connectivity index is 2.34. The topological polar surface area (TPSA) is 62.7 Å². The summed E-state index contributed by atoms with van der Waals surface area (Å²) in [6.07, 6.45) is 0. The van der Waals surface area contributed by atoms with Crippen molar-refractivity contribution in [2.45, 2.75) is 6.92 Å². The molecule has 0 bridgehead atoms. The van der Waals surface area contributed by atoms with Crippen LogP contribution in [0.4, 0.5) is 5.82 Å². The molecular formula is C17H10BrCl2N3S. The number of nitrogens with two attached hydrogens (primary N) is 1. The van der Waals surface area contributed by atoms with E-state index >= 15 is 0 Å². The van der Waals surface area contributed by atoms with E-state index in [-0.39, 0.29) is 5.82 Å². The summed E-state index contributed by atoms with van der Waals surface area (Å²) in [6.45, 7) is 1.91. The monoisotopic (exact) mass is 437 g/mol. The number of halogens is 3. The Morgan fingerprint density at radius 1 is 1.25 bits per heavy atom. The van der Waals surface area contributed by atoms with Crippen molar-refractivity contribution in [1.82, 2.24) is 4.98 Å². The zero-order valence-electron chi connectivity index (χ0n) is 12.4. The van der Waals surface area contributed by atoms with Gasteiger partial charge < -0.3 is 5.73 Å². The van der Waals surface area contributed by atoms with Gasteiger partial charge >= 0.3 is 0 Å². The first-order chi connectivity index (χ1) is 11.4. The largest absolute Gasteiger partial charge is 0.383 e. The van der Waals surface area contributed by atoms with Crippen molar-refractivity contribution < 1.29 is 0 Å². The fourth-order valence-corrected chi connectivity index (χ4v) is 4.50. The molecule has 3 aromatic rings. The highest BCUT2D eigenvalue weighted by Crippen LogP contribution is 2.41. The van der Waals surface area contributed by atoms with Crippen LogP contribution in [0, 0.1) is 18.3 Å². The van der Waals surface area contributed by atoms with E-state index in [2.05, 4.69) is 27.0 Å². The third kappa shape index (κ3) is 3.03. The van der Waals surface area contributed by atoms with E-state index in [9.17, 15) is 5.26 Å². The standard InChI is InChI=1S/C17H10BrCl2N3S/c1-8-15(13-4-5-14(18)24-13)11(7-21)17(22)23-16(8)10-3-2-9(19)6-12(10)20/h2-6H,1H3,(H2,22,23). The van der Waals surface area contributed by atoms with Crippen LogP contribution >= 0.6 is 50.5 Å². The third-order valence-electron chi connectivity index (χ3n) is 3.59. The van der Waals surface area contributed by atoms with Crippen molar-refractivity contribution >= 4 is 56.3 Å². The van der Waals surface area contributed by atoms with Gasteiger partial charge in [0.1, 0.15) is 17.5 Å². The molecular weight excluding hydrogens is 429 g/mol. The summed E-state index contributed by atoms with van der Waals surface area (Å²) in [6, 6.07) is 11.3. The molecule has 7 heteroatoms. The molecule has 0 unspecified atom stereocenters. The first-order valence-electron chi connectivity index (χ1n) is 6.83. The maximum Gasteiger partial charge on any atom is 0.142 e. The number of hydrogen-bond donors (Lipinski definition) is 1. The second kappa shape index (κ2) is 6.73. The van der Waals surface area contributed by atoms with Crippen LogP contribution in [-0.2, 0) is 0 Å². The molecule has 0 aliphatic heterocycles. The van der Waals surface area contributed by atoms with Crippen molar-refractivity contribution in [1.29, 1.82) is 5.26 Å². The molecule has 3 rings (SSSR count). The second-order valence-corrected chi connectivity index (χ2v) is 8.37. The molecule has 0 spiro atoms. The second-order valence-electron chi connectivity index (χ2n) is 5.06. The molecule has 2 N–H and O–H groups in total. The number of aromatic nitrogens is 1. The van der Waals surface area contributed by atoms with Crippen molar-refractivity contribution in [3.63, 3.8) is 0 Å². The van der Waals surface area contributed by atoms with E-state index in [1.165, 1.54) is 11.3 Å². The normalized spacial score (nSPS) is 10.6. The lowest BCUT2D eigenvalue weighted by Crippen LogP contribution is -2.03. The number of nitrogens with zero attached hydrogens (tertiary/aromatic N) is 2. The highest BCUT2D eigenvalue weighted by molar-refractivity contribution is 9.11. The Morgan fingerprint density at radius 3 is 2.58 bits per heavy atom. The minimum absolute atomic E-state index is 0.184. The van der Waals surface area contributed by atoms with Crippen LogP contribution in [-0.4, -0.2) is 4.98 Å². The maximum absolute atomic E-state index is 9.52. The predicted molar refractivity (Wildman–Crippen MR) is 105 cm³/mol. The van der Waals surface area contributed by atoms with Crippen molar-refractivity contribution in [2.24, 2.45) is 0 Å². The van der Waals surface area contributed by atoms with Crippen LogP contribution in [0.15, 0.2) is 34.1 Å². The zero-order chi connectivity index (χ0) is 17.4. The van der Waals surface area contributed by atoms with Gasteiger partial charge in [-0.15, -0.1) is 11.3 Å². The Morgan fingerprint density at radius 2 is 2.00 bits per heavy atom. The molecule has 0 aliphatic rings. The molecule has 0 radical (unpaired) electrons. The fourth-order valence-electron chi connectivity index (χ4n) is 2.51. The van der Waals surface area contributed by atoms with Gasteiger partial charge in [-0.3, -0.25) is 0 Å². The maximum atomic E-state index is 9.52. The Labute approximate surface area is 161 Å². The van der Waals surface area contributed by atoms with Crippen molar-refractivity contribution in [3.05, 3.63) is 55.3 Å². The number of nitriles is 1. The predicted octanol–water partition coefficient (Wildman–Crippen LogP) is 6.31. The Hall–Kier alpha value is -1.58. The van der Waals surface area contributed by atoms with Crippen LogP contribution in [0.5, 0.6) is 0 Å². The first kappa shape index (κ1) is 17.2. The summed E-state index contributed by atoms with van der Waals surface area (Å²) in [5.41, 5.74) is 9.42.